The summed E-state index contributed by atoms with van der Waals surface area (Å²) in [6.07, 6.45) is 0. The molecule has 0 spiro atoms. The fraction of sp³-hybridized carbons (Fsp3) is 0. The number of primary amides is 1. The highest BCUT2D eigenvalue weighted by molar-refractivity contribution is 9.10. The lowest BCUT2D eigenvalue weighted by Gasteiger charge is -1.99. The minimum absolute atomic E-state index is 0.0370. The van der Waals surface area contributed by atoms with E-state index in [0.29, 0.717) is 0 Å². The molecule has 1 aromatic rings. The summed E-state index contributed by atoms with van der Waals surface area (Å²) in [7, 11) is 0. The third-order valence-electron chi connectivity index (χ3n) is 1.28. The largest absolute Gasteiger partial charge is 0.366 e. The van der Waals surface area contributed by atoms with Gasteiger partial charge in [-0.15, -0.1) is 0 Å². The van der Waals surface area contributed by atoms with E-state index < -0.39 is 23.1 Å². The van der Waals surface area contributed by atoms with E-state index in [4.69, 9.17) is 5.73 Å². The van der Waals surface area contributed by atoms with Crippen molar-refractivity contribution in [1.29, 1.82) is 0 Å². The van der Waals surface area contributed by atoms with Crippen LogP contribution in [-0.4, -0.2) is 5.91 Å². The first-order valence-corrected chi connectivity index (χ1v) is 3.76. The van der Waals surface area contributed by atoms with Crippen LogP contribution >= 0.6 is 15.9 Å². The second-order valence-corrected chi connectivity index (χ2v) is 2.96. The lowest BCUT2D eigenvalue weighted by atomic mass is 10.2. The van der Waals surface area contributed by atoms with E-state index >= 15 is 0 Å². The summed E-state index contributed by atoms with van der Waals surface area (Å²) >= 11 is 2.76. The molecular weight excluding hydrogens is 232 g/mol. The highest BCUT2D eigenvalue weighted by Gasteiger charge is 2.11. The first-order chi connectivity index (χ1) is 5.52. The van der Waals surface area contributed by atoms with Gasteiger partial charge in [0.1, 0.15) is 11.6 Å². The van der Waals surface area contributed by atoms with E-state index in [1.165, 1.54) is 0 Å². The molecule has 0 bridgehead atoms. The molecule has 0 atom stereocenters. The molecule has 1 aromatic carbocycles. The highest BCUT2D eigenvalue weighted by atomic mass is 79.9. The molecule has 0 aromatic heterocycles. The molecule has 0 saturated heterocycles. The predicted octanol–water partition coefficient (Wildman–Crippen LogP) is 1.83. The molecule has 1 rings (SSSR count). The molecule has 0 heterocycles. The van der Waals surface area contributed by atoms with E-state index in [0.717, 1.165) is 12.1 Å². The zero-order valence-electron chi connectivity index (χ0n) is 5.77. The Bertz CT molecular complexity index is 340. The summed E-state index contributed by atoms with van der Waals surface area (Å²) in [4.78, 5) is 10.5. The Labute approximate surface area is 75.5 Å². The zero-order valence-corrected chi connectivity index (χ0v) is 7.36. The van der Waals surface area contributed by atoms with E-state index in [2.05, 4.69) is 15.9 Å². The van der Waals surface area contributed by atoms with E-state index in [1.807, 2.05) is 0 Å². The third kappa shape index (κ3) is 1.61. The third-order valence-corrected chi connectivity index (χ3v) is 1.88. The average Bonchev–Trinajstić information content (AvgIpc) is 1.96. The van der Waals surface area contributed by atoms with Crippen LogP contribution in [0.3, 0.4) is 0 Å². The first kappa shape index (κ1) is 9.12. The molecule has 0 unspecified atom stereocenters. The van der Waals surface area contributed by atoms with Crippen LogP contribution in [0.25, 0.3) is 0 Å². The number of benzene rings is 1. The number of amides is 1. The van der Waals surface area contributed by atoms with E-state index in [9.17, 15) is 13.6 Å². The predicted molar refractivity (Wildman–Crippen MR) is 42.6 cm³/mol. The molecule has 0 aliphatic rings. The Hall–Kier alpha value is -0.970. The van der Waals surface area contributed by atoms with Crippen molar-refractivity contribution in [3.8, 4) is 0 Å². The summed E-state index contributed by atoms with van der Waals surface area (Å²) in [5.41, 5.74) is 4.32. The summed E-state index contributed by atoms with van der Waals surface area (Å²) < 4.78 is 25.4. The van der Waals surface area contributed by atoms with Crippen molar-refractivity contribution in [2.24, 2.45) is 5.73 Å². The Balaban J connectivity index is 3.33. The monoisotopic (exact) mass is 235 g/mol. The van der Waals surface area contributed by atoms with Gasteiger partial charge in [0.05, 0.1) is 10.0 Å². The van der Waals surface area contributed by atoms with Crippen molar-refractivity contribution in [3.63, 3.8) is 0 Å². The van der Waals surface area contributed by atoms with Crippen molar-refractivity contribution < 1.29 is 13.6 Å². The molecule has 0 fully saturated rings. The van der Waals surface area contributed by atoms with E-state index in [1.54, 1.807) is 0 Å². The molecule has 0 aliphatic carbocycles. The van der Waals surface area contributed by atoms with Crippen LogP contribution in [0.15, 0.2) is 16.6 Å². The van der Waals surface area contributed by atoms with Gasteiger partial charge in [-0.3, -0.25) is 4.79 Å². The second-order valence-electron chi connectivity index (χ2n) is 2.11. The highest BCUT2D eigenvalue weighted by Crippen LogP contribution is 2.19. The molecule has 2 N–H and O–H groups in total. The van der Waals surface area contributed by atoms with Gasteiger partial charge in [-0.2, -0.15) is 0 Å². The minimum atomic E-state index is -0.987. The first-order valence-electron chi connectivity index (χ1n) is 2.96. The van der Waals surface area contributed by atoms with E-state index in [-0.39, 0.29) is 4.47 Å². The Morgan fingerprint density at radius 3 is 2.42 bits per heavy atom. The van der Waals surface area contributed by atoms with Gasteiger partial charge >= 0.3 is 0 Å². The number of halogens is 3. The van der Waals surface area contributed by atoms with Crippen molar-refractivity contribution >= 4 is 21.8 Å². The van der Waals surface area contributed by atoms with Gasteiger partial charge in [0.15, 0.2) is 0 Å². The molecule has 5 heteroatoms. The maximum absolute atomic E-state index is 12.8. The molecule has 12 heavy (non-hydrogen) atoms. The smallest absolute Gasteiger partial charge is 0.251 e. The molecule has 0 saturated carbocycles. The van der Waals surface area contributed by atoms with Gasteiger partial charge in [-0.05, 0) is 28.1 Å². The maximum Gasteiger partial charge on any atom is 0.251 e. The summed E-state index contributed by atoms with van der Waals surface area (Å²) in [6.45, 7) is 0. The summed E-state index contributed by atoms with van der Waals surface area (Å²) in [5.74, 6) is -2.54. The van der Waals surface area contributed by atoms with Gasteiger partial charge in [-0.25, -0.2) is 8.78 Å². The lowest BCUT2D eigenvalue weighted by Crippen LogP contribution is -2.13. The molecule has 64 valence electrons. The van der Waals surface area contributed by atoms with Crippen molar-refractivity contribution in [1.82, 2.24) is 0 Å². The summed E-state index contributed by atoms with van der Waals surface area (Å²) in [5, 5.41) is 0. The van der Waals surface area contributed by atoms with Gasteiger partial charge in [0.2, 0.25) is 0 Å². The van der Waals surface area contributed by atoms with Gasteiger partial charge in [0.25, 0.3) is 5.91 Å². The number of rotatable bonds is 1. The molecule has 2 nitrogen and oxygen atoms in total. The molecule has 0 radical (unpaired) electrons. The number of nitrogens with two attached hydrogens (primary N) is 1. The number of carbonyl (C=O) groups excluding carboxylic acids is 1. The van der Waals surface area contributed by atoms with Crippen LogP contribution < -0.4 is 5.73 Å². The SMILES string of the molecule is NC(=O)c1cc(F)c(Br)cc1F. The van der Waals surface area contributed by atoms with Crippen LogP contribution in [0.5, 0.6) is 0 Å². The lowest BCUT2D eigenvalue weighted by molar-refractivity contribution is 0.0996. The fourth-order valence-electron chi connectivity index (χ4n) is 0.711. The summed E-state index contributed by atoms with van der Waals surface area (Å²) in [6, 6.07) is 1.61. The topological polar surface area (TPSA) is 43.1 Å². The van der Waals surface area contributed by atoms with Gasteiger partial charge < -0.3 is 5.73 Å². The van der Waals surface area contributed by atoms with Crippen molar-refractivity contribution in [2.45, 2.75) is 0 Å². The van der Waals surface area contributed by atoms with Crippen LogP contribution in [0, 0.1) is 11.6 Å². The molecule has 0 aliphatic heterocycles. The number of hydrogen-bond donors (Lipinski definition) is 1. The van der Waals surface area contributed by atoms with Gasteiger partial charge in [0, 0.05) is 0 Å². The van der Waals surface area contributed by atoms with Crippen LogP contribution in [-0.2, 0) is 0 Å². The standard InChI is InChI=1S/C7H4BrF2NO/c8-4-2-5(9)3(7(11)12)1-6(4)10/h1-2H,(H2,11,12). The number of hydrogen-bond acceptors (Lipinski definition) is 1. The Morgan fingerprint density at radius 2 is 1.92 bits per heavy atom. The van der Waals surface area contributed by atoms with Crippen molar-refractivity contribution in [3.05, 3.63) is 33.8 Å². The van der Waals surface area contributed by atoms with Gasteiger partial charge in [-0.1, -0.05) is 0 Å². The van der Waals surface area contributed by atoms with Crippen LogP contribution in [0.4, 0.5) is 8.78 Å². The minimum Gasteiger partial charge on any atom is -0.366 e. The Kier molecular flexibility index (Phi) is 2.42. The van der Waals surface area contributed by atoms with Crippen LogP contribution in [0.2, 0.25) is 0 Å². The normalized spacial score (nSPS) is 9.92. The quantitative estimate of drug-likeness (QED) is 0.742. The molecular formula is C7H4BrF2NO. The van der Waals surface area contributed by atoms with Crippen LogP contribution in [0.1, 0.15) is 10.4 Å². The molecule has 1 amide bonds. The average molecular weight is 236 g/mol. The van der Waals surface area contributed by atoms with Crippen molar-refractivity contribution in [2.75, 3.05) is 0 Å². The fourth-order valence-corrected chi connectivity index (χ4v) is 1.03. The maximum atomic E-state index is 12.8. The Morgan fingerprint density at radius 1 is 1.33 bits per heavy atom. The second kappa shape index (κ2) is 3.18. The number of carbonyl (C=O) groups is 1. The zero-order chi connectivity index (χ0) is 9.30.